The summed E-state index contributed by atoms with van der Waals surface area (Å²) in [5.74, 6) is 0.480. The number of nitrogens with zero attached hydrogens (tertiary/aromatic N) is 1. The summed E-state index contributed by atoms with van der Waals surface area (Å²) in [7, 11) is 0. The van der Waals surface area contributed by atoms with Crippen LogP contribution in [-0.2, 0) is 4.79 Å². The van der Waals surface area contributed by atoms with Gasteiger partial charge in [0.15, 0.2) is 0 Å². The molecule has 2 unspecified atom stereocenters. The van der Waals surface area contributed by atoms with Crippen LogP contribution in [0.1, 0.15) is 19.8 Å². The maximum absolute atomic E-state index is 12.1. The van der Waals surface area contributed by atoms with E-state index in [0.29, 0.717) is 10.9 Å². The number of hydrogen-bond acceptors (Lipinski definition) is 2. The summed E-state index contributed by atoms with van der Waals surface area (Å²) < 4.78 is 0. The molecule has 3 nitrogen and oxygen atoms in total. The molecule has 2 aliphatic heterocycles. The zero-order valence-corrected chi connectivity index (χ0v) is 10.5. The molecule has 4 heteroatoms. The summed E-state index contributed by atoms with van der Waals surface area (Å²) in [6.07, 6.45) is 2.25. The third-order valence-corrected chi connectivity index (χ3v) is 4.07. The second-order valence-corrected chi connectivity index (χ2v) is 5.29. The molecule has 0 spiro atoms. The fraction of sp³-hybridized carbons (Fsp3) is 0.462. The number of amides is 1. The first kappa shape index (κ1) is 10.9. The Kier molecular flexibility index (Phi) is 2.51. The summed E-state index contributed by atoms with van der Waals surface area (Å²) in [6, 6.07) is 5.75. The van der Waals surface area contributed by atoms with Gasteiger partial charge in [0, 0.05) is 6.54 Å². The van der Waals surface area contributed by atoms with E-state index in [0.717, 1.165) is 30.8 Å². The van der Waals surface area contributed by atoms with Crippen molar-refractivity contribution in [1.29, 1.82) is 0 Å². The predicted octanol–water partition coefficient (Wildman–Crippen LogP) is 2.90. The first-order chi connectivity index (χ1) is 8.18. The van der Waals surface area contributed by atoms with E-state index in [1.54, 1.807) is 0 Å². The highest BCUT2D eigenvalue weighted by molar-refractivity contribution is 6.35. The normalized spacial score (nSPS) is 27.2. The van der Waals surface area contributed by atoms with Gasteiger partial charge in [0.1, 0.15) is 6.04 Å². The van der Waals surface area contributed by atoms with Crippen molar-refractivity contribution in [1.82, 2.24) is 0 Å². The highest BCUT2D eigenvalue weighted by Gasteiger charge is 2.39. The molecule has 0 aromatic heterocycles. The van der Waals surface area contributed by atoms with Crippen LogP contribution >= 0.6 is 11.6 Å². The van der Waals surface area contributed by atoms with E-state index in [9.17, 15) is 4.79 Å². The summed E-state index contributed by atoms with van der Waals surface area (Å²) in [5, 5.41) is 3.56. The Morgan fingerprint density at radius 3 is 3.12 bits per heavy atom. The molecule has 0 bridgehead atoms. The molecule has 0 aliphatic carbocycles. The summed E-state index contributed by atoms with van der Waals surface area (Å²) in [4.78, 5) is 14.3. The van der Waals surface area contributed by atoms with Gasteiger partial charge in [0.2, 0.25) is 5.91 Å². The molecule has 2 heterocycles. The van der Waals surface area contributed by atoms with Crippen molar-refractivity contribution in [3.05, 3.63) is 23.2 Å². The number of hydrogen-bond donors (Lipinski definition) is 1. The molecule has 0 saturated carbocycles. The molecular formula is C13H15ClN2O. The van der Waals surface area contributed by atoms with Crippen molar-refractivity contribution in [3.63, 3.8) is 0 Å². The van der Waals surface area contributed by atoms with Gasteiger partial charge in [0.25, 0.3) is 0 Å². The molecular weight excluding hydrogens is 236 g/mol. The lowest BCUT2D eigenvalue weighted by molar-refractivity contribution is -0.119. The van der Waals surface area contributed by atoms with Crippen molar-refractivity contribution in [2.45, 2.75) is 25.8 Å². The van der Waals surface area contributed by atoms with E-state index < -0.39 is 0 Å². The number of carbonyl (C=O) groups is 1. The zero-order valence-electron chi connectivity index (χ0n) is 9.74. The van der Waals surface area contributed by atoms with Crippen molar-refractivity contribution in [3.8, 4) is 0 Å². The number of halogens is 1. The van der Waals surface area contributed by atoms with Gasteiger partial charge in [-0.25, -0.2) is 0 Å². The molecule has 1 aromatic rings. The topological polar surface area (TPSA) is 32.3 Å². The highest BCUT2D eigenvalue weighted by atomic mass is 35.5. The summed E-state index contributed by atoms with van der Waals surface area (Å²) in [6.45, 7) is 3.09. The van der Waals surface area contributed by atoms with Gasteiger partial charge in [-0.2, -0.15) is 0 Å². The summed E-state index contributed by atoms with van der Waals surface area (Å²) in [5.41, 5.74) is 1.83. The molecule has 90 valence electrons. The zero-order chi connectivity index (χ0) is 12.0. The number of piperidine rings is 1. The second kappa shape index (κ2) is 3.91. The van der Waals surface area contributed by atoms with Crippen molar-refractivity contribution in [2.24, 2.45) is 5.92 Å². The van der Waals surface area contributed by atoms with Gasteiger partial charge >= 0.3 is 0 Å². The number of nitrogens with one attached hydrogen (secondary N) is 1. The smallest absolute Gasteiger partial charge is 0.247 e. The van der Waals surface area contributed by atoms with Crippen LogP contribution in [0.25, 0.3) is 0 Å². The van der Waals surface area contributed by atoms with E-state index >= 15 is 0 Å². The van der Waals surface area contributed by atoms with E-state index in [2.05, 4.69) is 17.1 Å². The van der Waals surface area contributed by atoms with Crippen LogP contribution in [0.5, 0.6) is 0 Å². The Morgan fingerprint density at radius 1 is 1.47 bits per heavy atom. The van der Waals surface area contributed by atoms with Crippen LogP contribution in [0.3, 0.4) is 0 Å². The van der Waals surface area contributed by atoms with Gasteiger partial charge < -0.3 is 10.2 Å². The van der Waals surface area contributed by atoms with Crippen LogP contribution in [0.2, 0.25) is 5.02 Å². The van der Waals surface area contributed by atoms with E-state index in [-0.39, 0.29) is 11.9 Å². The lowest BCUT2D eigenvalue weighted by Crippen LogP contribution is -2.54. The van der Waals surface area contributed by atoms with Crippen LogP contribution in [0, 0.1) is 5.92 Å². The lowest BCUT2D eigenvalue weighted by atomic mass is 9.88. The van der Waals surface area contributed by atoms with E-state index in [1.807, 2.05) is 18.2 Å². The molecule has 2 aliphatic rings. The van der Waals surface area contributed by atoms with Gasteiger partial charge in [-0.3, -0.25) is 4.79 Å². The van der Waals surface area contributed by atoms with Crippen LogP contribution in [0.4, 0.5) is 11.4 Å². The average molecular weight is 251 g/mol. The number of para-hydroxylation sites is 1. The first-order valence-electron chi connectivity index (χ1n) is 6.04. The van der Waals surface area contributed by atoms with Crippen LogP contribution in [-0.4, -0.2) is 18.5 Å². The maximum atomic E-state index is 12.1. The van der Waals surface area contributed by atoms with Crippen molar-refractivity contribution in [2.75, 3.05) is 16.8 Å². The molecule has 3 rings (SSSR count). The third-order valence-electron chi connectivity index (χ3n) is 3.75. The second-order valence-electron chi connectivity index (χ2n) is 4.88. The largest absolute Gasteiger partial charge is 0.358 e. The van der Waals surface area contributed by atoms with Crippen LogP contribution < -0.4 is 10.2 Å². The number of anilines is 2. The SMILES string of the molecule is CC1CCCN2c3cccc(Cl)c3NC(=O)C12. The standard InChI is InChI=1S/C13H15ClN2O/c1-8-4-3-7-16-10-6-2-5-9(14)11(10)15-13(17)12(8)16/h2,5-6,8,12H,3-4,7H2,1H3,(H,15,17). The molecule has 2 atom stereocenters. The average Bonchev–Trinajstić information content (AvgIpc) is 2.31. The quantitative estimate of drug-likeness (QED) is 0.768. The molecule has 17 heavy (non-hydrogen) atoms. The minimum atomic E-state index is -0.0327. The Labute approximate surface area is 106 Å². The lowest BCUT2D eigenvalue weighted by Gasteiger charge is -2.44. The van der Waals surface area contributed by atoms with Crippen molar-refractivity contribution >= 4 is 28.9 Å². The van der Waals surface area contributed by atoms with E-state index in [4.69, 9.17) is 11.6 Å². The fourth-order valence-electron chi connectivity index (χ4n) is 2.93. The summed E-state index contributed by atoms with van der Waals surface area (Å²) >= 11 is 6.13. The highest BCUT2D eigenvalue weighted by Crippen LogP contribution is 2.41. The van der Waals surface area contributed by atoms with Gasteiger partial charge in [-0.15, -0.1) is 0 Å². The minimum Gasteiger partial charge on any atom is -0.358 e. The number of benzene rings is 1. The van der Waals surface area contributed by atoms with Gasteiger partial charge in [-0.1, -0.05) is 24.6 Å². The van der Waals surface area contributed by atoms with Gasteiger partial charge in [0.05, 0.1) is 16.4 Å². The monoisotopic (exact) mass is 250 g/mol. The van der Waals surface area contributed by atoms with Crippen LogP contribution in [0.15, 0.2) is 18.2 Å². The third kappa shape index (κ3) is 1.61. The Morgan fingerprint density at radius 2 is 2.29 bits per heavy atom. The fourth-order valence-corrected chi connectivity index (χ4v) is 3.15. The maximum Gasteiger partial charge on any atom is 0.247 e. The number of rotatable bonds is 0. The van der Waals surface area contributed by atoms with Gasteiger partial charge in [-0.05, 0) is 30.9 Å². The Balaban J connectivity index is 2.10. The Bertz CT molecular complexity index is 474. The number of fused-ring (bicyclic) bond motifs is 3. The molecule has 0 radical (unpaired) electrons. The Hall–Kier alpha value is -1.22. The van der Waals surface area contributed by atoms with E-state index in [1.165, 1.54) is 0 Å². The van der Waals surface area contributed by atoms with Crippen molar-refractivity contribution < 1.29 is 4.79 Å². The molecule has 1 amide bonds. The molecule has 1 aromatic carbocycles. The number of carbonyl (C=O) groups excluding carboxylic acids is 1. The predicted molar refractivity (Wildman–Crippen MR) is 69.6 cm³/mol. The first-order valence-corrected chi connectivity index (χ1v) is 6.42. The molecule has 1 fully saturated rings. The minimum absolute atomic E-state index is 0.0327. The molecule has 1 saturated heterocycles. The molecule has 1 N–H and O–H groups in total.